The van der Waals surface area contributed by atoms with Crippen LogP contribution >= 0.6 is 11.3 Å². The molecule has 0 atom stereocenters. The number of thiophene rings is 1. The molecule has 3 nitrogen and oxygen atoms in total. The summed E-state index contributed by atoms with van der Waals surface area (Å²) < 4.78 is 13.6. The molecule has 2 heterocycles. The van der Waals surface area contributed by atoms with Gasteiger partial charge in [0.2, 0.25) is 0 Å². The number of carboxylic acid groups (broad SMARTS) is 1. The van der Waals surface area contributed by atoms with Crippen molar-refractivity contribution in [1.82, 2.24) is 4.98 Å². The first-order chi connectivity index (χ1) is 15.6. The van der Waals surface area contributed by atoms with Gasteiger partial charge in [-0.2, -0.15) is 0 Å². The van der Waals surface area contributed by atoms with E-state index in [1.165, 1.54) is 23.5 Å². The second-order valence-electron chi connectivity index (χ2n) is 7.19. The Hall–Kier alpha value is -3.75. The lowest BCUT2D eigenvalue weighted by molar-refractivity contribution is 0.0697. The van der Waals surface area contributed by atoms with Crippen LogP contribution in [0.4, 0.5) is 4.39 Å². The molecule has 4 rings (SSSR count). The zero-order valence-corrected chi connectivity index (χ0v) is 18.2. The van der Waals surface area contributed by atoms with Crippen LogP contribution in [0.5, 0.6) is 0 Å². The summed E-state index contributed by atoms with van der Waals surface area (Å²) in [7, 11) is 0. The molecule has 158 valence electrons. The molecule has 2 aromatic heterocycles. The summed E-state index contributed by atoms with van der Waals surface area (Å²) in [6.45, 7) is 2.08. The van der Waals surface area contributed by atoms with Crippen LogP contribution in [0.15, 0.2) is 73.1 Å². The number of benzene rings is 2. The van der Waals surface area contributed by atoms with Crippen LogP contribution in [-0.2, 0) is 0 Å². The molecule has 0 aliphatic heterocycles. The predicted octanol–water partition coefficient (Wildman–Crippen LogP) is 7.13. The molecular weight excluding hydrogens is 421 g/mol. The lowest BCUT2D eigenvalue weighted by Gasteiger charge is -2.10. The van der Waals surface area contributed by atoms with Crippen molar-refractivity contribution in [3.8, 4) is 44.5 Å². The van der Waals surface area contributed by atoms with Gasteiger partial charge in [-0.25, -0.2) is 9.18 Å². The zero-order chi connectivity index (χ0) is 22.5. The number of unbranched alkanes of at least 4 members (excludes halogenated alkanes) is 1. The Morgan fingerprint density at radius 1 is 1.00 bits per heavy atom. The second kappa shape index (κ2) is 9.59. The number of nitrogens with zero attached hydrogens (tertiary/aromatic N) is 1. The van der Waals surface area contributed by atoms with Gasteiger partial charge in [-0.05, 0) is 59.5 Å². The summed E-state index contributed by atoms with van der Waals surface area (Å²) in [5.74, 6) is 5.25. The summed E-state index contributed by atoms with van der Waals surface area (Å²) in [6.07, 6.45) is 5.16. The van der Waals surface area contributed by atoms with E-state index in [0.29, 0.717) is 0 Å². The minimum absolute atomic E-state index is 0.213. The van der Waals surface area contributed by atoms with Crippen LogP contribution in [0.1, 0.15) is 35.0 Å². The van der Waals surface area contributed by atoms with Gasteiger partial charge in [0.1, 0.15) is 5.82 Å². The van der Waals surface area contributed by atoms with E-state index in [1.54, 1.807) is 42.7 Å². The molecule has 0 aliphatic carbocycles. The monoisotopic (exact) mass is 441 g/mol. The minimum atomic E-state index is -0.982. The number of halogens is 1. The van der Waals surface area contributed by atoms with Gasteiger partial charge in [0.05, 0.1) is 10.4 Å². The van der Waals surface area contributed by atoms with E-state index < -0.39 is 5.97 Å². The van der Waals surface area contributed by atoms with E-state index in [2.05, 4.69) is 23.7 Å². The maximum atomic E-state index is 13.6. The van der Waals surface area contributed by atoms with E-state index in [9.17, 15) is 14.3 Å². The lowest BCUT2D eigenvalue weighted by atomic mass is 9.92. The maximum absolute atomic E-state index is 13.6. The average molecular weight is 442 g/mol. The fraction of sp³-hybridized carbons (Fsp3) is 0.111. The van der Waals surface area contributed by atoms with Crippen LogP contribution in [0, 0.1) is 17.7 Å². The van der Waals surface area contributed by atoms with Crippen molar-refractivity contribution in [3.63, 3.8) is 0 Å². The van der Waals surface area contributed by atoms with Crippen LogP contribution in [0.2, 0.25) is 0 Å². The molecule has 5 heteroatoms. The molecule has 0 spiro atoms. The smallest absolute Gasteiger partial charge is 0.335 e. The summed E-state index contributed by atoms with van der Waals surface area (Å²) >= 11 is 1.54. The van der Waals surface area contributed by atoms with Crippen molar-refractivity contribution in [3.05, 3.63) is 89.3 Å². The number of carboxylic acids is 1. The van der Waals surface area contributed by atoms with Crippen molar-refractivity contribution >= 4 is 17.3 Å². The molecule has 2 aromatic carbocycles. The summed E-state index contributed by atoms with van der Waals surface area (Å²) in [6, 6.07) is 17.1. The first-order valence-electron chi connectivity index (χ1n) is 10.2. The van der Waals surface area contributed by atoms with Crippen molar-refractivity contribution in [2.45, 2.75) is 19.8 Å². The zero-order valence-electron chi connectivity index (χ0n) is 17.4. The van der Waals surface area contributed by atoms with Crippen LogP contribution < -0.4 is 0 Å². The quantitative estimate of drug-likeness (QED) is 0.335. The molecule has 0 radical (unpaired) electrons. The molecule has 0 amide bonds. The fourth-order valence-corrected chi connectivity index (χ4v) is 4.69. The van der Waals surface area contributed by atoms with Crippen LogP contribution in [0.25, 0.3) is 32.7 Å². The Morgan fingerprint density at radius 2 is 1.75 bits per heavy atom. The second-order valence-corrected chi connectivity index (χ2v) is 8.21. The topological polar surface area (TPSA) is 50.2 Å². The number of aromatic carboxylic acids is 1. The SMILES string of the molecule is CCCC#Cc1sc(-c2ccc(F)cc2)c(-c2ccncc2)c1-c1cccc(C(=O)O)c1. The van der Waals surface area contributed by atoms with Gasteiger partial charge in [-0.3, -0.25) is 4.98 Å². The van der Waals surface area contributed by atoms with E-state index in [1.807, 2.05) is 18.2 Å². The molecule has 0 saturated heterocycles. The van der Waals surface area contributed by atoms with Gasteiger partial charge in [-0.1, -0.05) is 43.0 Å². The summed E-state index contributed by atoms with van der Waals surface area (Å²) in [5, 5.41) is 9.53. The predicted molar refractivity (Wildman–Crippen MR) is 127 cm³/mol. The van der Waals surface area contributed by atoms with Crippen LogP contribution in [-0.4, -0.2) is 16.1 Å². The molecule has 0 unspecified atom stereocenters. The number of aromatic nitrogens is 1. The molecule has 4 aromatic rings. The van der Waals surface area contributed by atoms with E-state index in [4.69, 9.17) is 0 Å². The third-order valence-electron chi connectivity index (χ3n) is 4.96. The number of carbonyl (C=O) groups is 1. The molecule has 0 fully saturated rings. The largest absolute Gasteiger partial charge is 0.478 e. The third kappa shape index (κ3) is 4.46. The van der Waals surface area contributed by atoms with E-state index in [0.717, 1.165) is 50.4 Å². The highest BCUT2D eigenvalue weighted by atomic mass is 32.1. The molecule has 32 heavy (non-hydrogen) atoms. The lowest BCUT2D eigenvalue weighted by Crippen LogP contribution is -1.96. The van der Waals surface area contributed by atoms with Gasteiger partial charge in [0, 0.05) is 34.8 Å². The summed E-state index contributed by atoms with van der Waals surface area (Å²) in [5.41, 5.74) is 4.63. The van der Waals surface area contributed by atoms with Gasteiger partial charge >= 0.3 is 5.97 Å². The highest BCUT2D eigenvalue weighted by Crippen LogP contribution is 2.47. The van der Waals surface area contributed by atoms with Crippen molar-refractivity contribution in [1.29, 1.82) is 0 Å². The first-order valence-corrected chi connectivity index (χ1v) is 11.1. The normalized spacial score (nSPS) is 10.4. The van der Waals surface area contributed by atoms with Crippen LogP contribution in [0.3, 0.4) is 0 Å². The van der Waals surface area contributed by atoms with Crippen molar-refractivity contribution < 1.29 is 14.3 Å². The van der Waals surface area contributed by atoms with Crippen molar-refractivity contribution in [2.24, 2.45) is 0 Å². The number of hydrogen-bond acceptors (Lipinski definition) is 3. The Balaban J connectivity index is 2.05. The highest BCUT2D eigenvalue weighted by Gasteiger charge is 2.22. The minimum Gasteiger partial charge on any atom is -0.478 e. The number of hydrogen-bond donors (Lipinski definition) is 1. The third-order valence-corrected chi connectivity index (χ3v) is 6.11. The molecule has 0 aliphatic rings. The van der Waals surface area contributed by atoms with Gasteiger partial charge in [0.15, 0.2) is 0 Å². The van der Waals surface area contributed by atoms with Gasteiger partial charge in [-0.15, -0.1) is 11.3 Å². The molecule has 0 bridgehead atoms. The Bertz CT molecular complexity index is 1320. The number of pyridine rings is 1. The Labute approximate surface area is 190 Å². The van der Waals surface area contributed by atoms with E-state index >= 15 is 0 Å². The Morgan fingerprint density at radius 3 is 2.44 bits per heavy atom. The van der Waals surface area contributed by atoms with Gasteiger partial charge in [0.25, 0.3) is 0 Å². The van der Waals surface area contributed by atoms with Crippen molar-refractivity contribution in [2.75, 3.05) is 0 Å². The molecule has 0 saturated carbocycles. The van der Waals surface area contributed by atoms with Gasteiger partial charge < -0.3 is 5.11 Å². The fourth-order valence-electron chi connectivity index (χ4n) is 3.47. The average Bonchev–Trinajstić information content (AvgIpc) is 3.20. The summed E-state index contributed by atoms with van der Waals surface area (Å²) in [4.78, 5) is 17.6. The maximum Gasteiger partial charge on any atom is 0.335 e. The molecule has 1 N–H and O–H groups in total. The highest BCUT2D eigenvalue weighted by molar-refractivity contribution is 7.17. The number of rotatable bonds is 5. The standard InChI is InChI=1S/C27H20FNO2S/c1-2-3-4-8-23-24(20-6-5-7-21(17-20)27(30)31)25(18-13-15-29-16-14-18)26(32-23)19-9-11-22(28)12-10-19/h5-7,9-17H,2-3H2,1H3,(H,30,31). The first kappa shape index (κ1) is 21.5. The van der Waals surface area contributed by atoms with E-state index in [-0.39, 0.29) is 11.4 Å². The molecular formula is C27H20FNO2S. The Kier molecular flexibility index (Phi) is 6.44.